The molecular formula is C17H22N2O4. The molecule has 2 fully saturated rings. The molecule has 6 nitrogen and oxygen atoms in total. The number of rotatable bonds is 4. The summed E-state index contributed by atoms with van der Waals surface area (Å²) < 4.78 is 0. The van der Waals surface area contributed by atoms with E-state index in [2.05, 4.69) is 5.32 Å². The van der Waals surface area contributed by atoms with Crippen molar-refractivity contribution in [2.45, 2.75) is 31.4 Å². The van der Waals surface area contributed by atoms with E-state index in [1.54, 1.807) is 4.90 Å². The number of benzene rings is 1. The number of amides is 2. The van der Waals surface area contributed by atoms with E-state index in [1.165, 1.54) is 0 Å². The molecule has 1 aliphatic carbocycles. The van der Waals surface area contributed by atoms with Crippen LogP contribution in [0.15, 0.2) is 30.3 Å². The van der Waals surface area contributed by atoms with Gasteiger partial charge in [-0.05, 0) is 25.0 Å². The fraction of sp³-hybridized carbons (Fsp3) is 0.529. The number of nitrogens with zero attached hydrogens (tertiary/aromatic N) is 1. The van der Waals surface area contributed by atoms with Crippen LogP contribution in [0.2, 0.25) is 0 Å². The Hall–Kier alpha value is -1.92. The Bertz CT molecular complexity index is 577. The zero-order valence-electron chi connectivity index (χ0n) is 12.9. The predicted octanol–water partition coefficient (Wildman–Crippen LogP) is 0.287. The number of aliphatic hydroxyl groups is 2. The molecule has 1 heterocycles. The molecule has 0 aromatic heterocycles. The van der Waals surface area contributed by atoms with Crippen molar-refractivity contribution in [2.75, 3.05) is 18.1 Å². The minimum absolute atomic E-state index is 0.0453. The van der Waals surface area contributed by atoms with Gasteiger partial charge in [0.15, 0.2) is 0 Å². The van der Waals surface area contributed by atoms with Crippen molar-refractivity contribution in [3.05, 3.63) is 30.3 Å². The van der Waals surface area contributed by atoms with E-state index >= 15 is 0 Å². The molecule has 1 saturated carbocycles. The first-order valence-corrected chi connectivity index (χ1v) is 8.03. The number of aliphatic hydroxyl groups excluding tert-OH is 2. The summed E-state index contributed by atoms with van der Waals surface area (Å²) in [5.41, 5.74) is 0.810. The van der Waals surface area contributed by atoms with Crippen molar-refractivity contribution < 1.29 is 19.8 Å². The molecule has 23 heavy (non-hydrogen) atoms. The number of carbonyl (C=O) groups is 2. The lowest BCUT2D eigenvalue weighted by atomic mass is 10.1. The maximum absolute atomic E-state index is 12.4. The van der Waals surface area contributed by atoms with Crippen LogP contribution in [0.25, 0.3) is 0 Å². The Morgan fingerprint density at radius 3 is 2.65 bits per heavy atom. The minimum Gasteiger partial charge on any atom is -0.396 e. The van der Waals surface area contributed by atoms with Gasteiger partial charge in [0.25, 0.3) is 0 Å². The van der Waals surface area contributed by atoms with Crippen LogP contribution in [0.1, 0.15) is 19.3 Å². The number of nitrogens with one attached hydrogen (secondary N) is 1. The first-order valence-electron chi connectivity index (χ1n) is 8.03. The zero-order chi connectivity index (χ0) is 16.4. The fourth-order valence-corrected chi connectivity index (χ4v) is 3.48. The van der Waals surface area contributed by atoms with Crippen LogP contribution in [0.3, 0.4) is 0 Å². The summed E-state index contributed by atoms with van der Waals surface area (Å²) in [6.45, 7) is 0.310. The van der Waals surface area contributed by atoms with E-state index in [-0.39, 0.29) is 42.7 Å². The molecule has 4 atom stereocenters. The van der Waals surface area contributed by atoms with Crippen molar-refractivity contribution in [2.24, 2.45) is 11.8 Å². The summed E-state index contributed by atoms with van der Waals surface area (Å²) in [4.78, 5) is 26.2. The van der Waals surface area contributed by atoms with Gasteiger partial charge in [-0.15, -0.1) is 0 Å². The maximum atomic E-state index is 12.4. The summed E-state index contributed by atoms with van der Waals surface area (Å²) in [7, 11) is 0. The van der Waals surface area contributed by atoms with Gasteiger partial charge in [-0.25, -0.2) is 0 Å². The molecule has 1 aromatic carbocycles. The van der Waals surface area contributed by atoms with Crippen LogP contribution in [-0.4, -0.2) is 47.3 Å². The quantitative estimate of drug-likeness (QED) is 0.744. The third kappa shape index (κ3) is 3.38. The Labute approximate surface area is 135 Å². The molecule has 2 amide bonds. The van der Waals surface area contributed by atoms with Gasteiger partial charge < -0.3 is 20.4 Å². The van der Waals surface area contributed by atoms with E-state index in [9.17, 15) is 19.8 Å². The Kier molecular flexibility index (Phi) is 4.63. The van der Waals surface area contributed by atoms with Crippen molar-refractivity contribution in [1.82, 2.24) is 5.32 Å². The standard InChI is InChI=1S/C17H22N2O4/c20-10-12-6-13(8-15(12)21)18-17(23)11-7-16(22)19(9-11)14-4-2-1-3-5-14/h1-5,11-13,15,20-21H,6-10H2,(H,18,23)/t11-,12+,13-,15-/m0/s1. The minimum atomic E-state index is -0.573. The van der Waals surface area contributed by atoms with Crippen molar-refractivity contribution >= 4 is 17.5 Å². The number of carbonyl (C=O) groups excluding carboxylic acids is 2. The van der Waals surface area contributed by atoms with Crippen molar-refractivity contribution in [1.29, 1.82) is 0 Å². The lowest BCUT2D eigenvalue weighted by Crippen LogP contribution is -2.39. The normalized spacial score (nSPS) is 30.7. The van der Waals surface area contributed by atoms with E-state index in [0.29, 0.717) is 19.4 Å². The third-order valence-corrected chi connectivity index (χ3v) is 4.80. The Balaban J connectivity index is 1.58. The number of para-hydroxylation sites is 1. The van der Waals surface area contributed by atoms with Crippen LogP contribution in [-0.2, 0) is 9.59 Å². The summed E-state index contributed by atoms with van der Waals surface area (Å²) in [6.07, 6.45) is 0.669. The number of anilines is 1. The molecule has 6 heteroatoms. The van der Waals surface area contributed by atoms with Gasteiger partial charge in [-0.1, -0.05) is 18.2 Å². The molecule has 0 radical (unpaired) electrons. The summed E-state index contributed by atoms with van der Waals surface area (Å²) in [5.74, 6) is -0.733. The average molecular weight is 318 g/mol. The molecule has 3 N–H and O–H groups in total. The molecule has 1 aromatic rings. The molecule has 1 aliphatic heterocycles. The van der Waals surface area contributed by atoms with E-state index < -0.39 is 6.10 Å². The Morgan fingerprint density at radius 1 is 1.26 bits per heavy atom. The van der Waals surface area contributed by atoms with Crippen molar-refractivity contribution in [3.8, 4) is 0 Å². The van der Waals surface area contributed by atoms with E-state index in [4.69, 9.17) is 0 Å². The summed E-state index contributed by atoms with van der Waals surface area (Å²) >= 11 is 0. The van der Waals surface area contributed by atoms with Crippen LogP contribution in [0, 0.1) is 11.8 Å². The van der Waals surface area contributed by atoms with Crippen LogP contribution in [0.4, 0.5) is 5.69 Å². The lowest BCUT2D eigenvalue weighted by Gasteiger charge is -2.18. The second-order valence-corrected chi connectivity index (χ2v) is 6.43. The fourth-order valence-electron chi connectivity index (χ4n) is 3.48. The van der Waals surface area contributed by atoms with Gasteiger partial charge in [-0.2, -0.15) is 0 Å². The molecular weight excluding hydrogens is 296 g/mol. The van der Waals surface area contributed by atoms with Crippen molar-refractivity contribution in [3.63, 3.8) is 0 Å². The highest BCUT2D eigenvalue weighted by atomic mass is 16.3. The first kappa shape index (κ1) is 16.0. The predicted molar refractivity (Wildman–Crippen MR) is 84.6 cm³/mol. The van der Waals surface area contributed by atoms with Crippen LogP contribution < -0.4 is 10.2 Å². The van der Waals surface area contributed by atoms with Crippen LogP contribution in [0.5, 0.6) is 0 Å². The Morgan fingerprint density at radius 2 is 2.00 bits per heavy atom. The molecule has 124 valence electrons. The van der Waals surface area contributed by atoms with Gasteiger partial charge in [0.05, 0.1) is 12.0 Å². The molecule has 0 bridgehead atoms. The van der Waals surface area contributed by atoms with Gasteiger partial charge in [0, 0.05) is 37.2 Å². The largest absolute Gasteiger partial charge is 0.396 e. The van der Waals surface area contributed by atoms with E-state index in [0.717, 1.165) is 5.69 Å². The molecule has 0 unspecified atom stereocenters. The lowest BCUT2D eigenvalue weighted by molar-refractivity contribution is -0.126. The molecule has 1 saturated heterocycles. The number of hydrogen-bond donors (Lipinski definition) is 3. The van der Waals surface area contributed by atoms with Gasteiger partial charge >= 0.3 is 0 Å². The van der Waals surface area contributed by atoms with Crippen LogP contribution >= 0.6 is 0 Å². The highest BCUT2D eigenvalue weighted by Gasteiger charge is 2.38. The second kappa shape index (κ2) is 6.68. The highest BCUT2D eigenvalue weighted by Crippen LogP contribution is 2.28. The van der Waals surface area contributed by atoms with Gasteiger partial charge in [-0.3, -0.25) is 9.59 Å². The molecule has 2 aliphatic rings. The molecule has 0 spiro atoms. The second-order valence-electron chi connectivity index (χ2n) is 6.43. The SMILES string of the molecule is O=C(N[C@H]1C[C@H](CO)[C@@H](O)C1)[C@H]1CC(=O)N(c2ccccc2)C1. The van der Waals surface area contributed by atoms with E-state index in [1.807, 2.05) is 30.3 Å². The summed E-state index contributed by atoms with van der Waals surface area (Å²) in [6, 6.07) is 9.21. The maximum Gasteiger partial charge on any atom is 0.227 e. The van der Waals surface area contributed by atoms with Gasteiger partial charge in [0.1, 0.15) is 0 Å². The third-order valence-electron chi connectivity index (χ3n) is 4.80. The topological polar surface area (TPSA) is 89.9 Å². The first-order chi connectivity index (χ1) is 11.1. The molecule has 3 rings (SSSR count). The highest BCUT2D eigenvalue weighted by molar-refractivity contribution is 6.00. The zero-order valence-corrected chi connectivity index (χ0v) is 12.9. The average Bonchev–Trinajstić information content (AvgIpc) is 3.11. The monoisotopic (exact) mass is 318 g/mol. The summed E-state index contributed by atoms with van der Waals surface area (Å²) in [5, 5.41) is 21.9. The smallest absolute Gasteiger partial charge is 0.227 e. The van der Waals surface area contributed by atoms with Gasteiger partial charge in [0.2, 0.25) is 11.8 Å². The number of hydrogen-bond acceptors (Lipinski definition) is 4.